The van der Waals surface area contributed by atoms with E-state index in [1.54, 1.807) is 0 Å². The van der Waals surface area contributed by atoms with E-state index in [2.05, 4.69) is 44.0 Å². The highest BCUT2D eigenvalue weighted by Gasteiger charge is 2.10. The molecule has 2 aromatic rings. The zero-order chi connectivity index (χ0) is 13.1. The van der Waals surface area contributed by atoms with Gasteiger partial charge in [-0.15, -0.1) is 0 Å². The van der Waals surface area contributed by atoms with Gasteiger partial charge < -0.3 is 5.73 Å². The summed E-state index contributed by atoms with van der Waals surface area (Å²) in [6.45, 7) is 6.33. The van der Waals surface area contributed by atoms with E-state index in [-0.39, 0.29) is 6.04 Å². The van der Waals surface area contributed by atoms with Gasteiger partial charge in [-0.2, -0.15) is 0 Å². The largest absolute Gasteiger partial charge is 0.324 e. The number of aryl methyl sites for hydroxylation is 3. The van der Waals surface area contributed by atoms with Crippen LogP contribution in [-0.4, -0.2) is 4.98 Å². The number of rotatable bonds is 3. The Morgan fingerprint density at radius 3 is 2.50 bits per heavy atom. The fourth-order valence-electron chi connectivity index (χ4n) is 2.19. The van der Waals surface area contributed by atoms with Gasteiger partial charge in [-0.25, -0.2) is 0 Å². The molecule has 0 radical (unpaired) electrons. The minimum Gasteiger partial charge on any atom is -0.324 e. The fraction of sp³-hybridized carbons (Fsp3) is 0.312. The molecule has 2 nitrogen and oxygen atoms in total. The van der Waals surface area contributed by atoms with Gasteiger partial charge in [-0.05, 0) is 61.1 Å². The molecule has 2 heteroatoms. The van der Waals surface area contributed by atoms with Crippen molar-refractivity contribution in [1.82, 2.24) is 4.98 Å². The van der Waals surface area contributed by atoms with Crippen LogP contribution in [0.3, 0.4) is 0 Å². The molecule has 18 heavy (non-hydrogen) atoms. The zero-order valence-electron chi connectivity index (χ0n) is 11.3. The molecule has 0 saturated heterocycles. The van der Waals surface area contributed by atoms with Crippen LogP contribution in [0.5, 0.6) is 0 Å². The summed E-state index contributed by atoms with van der Waals surface area (Å²) in [6, 6.07) is 8.61. The van der Waals surface area contributed by atoms with Crippen LogP contribution in [0.25, 0.3) is 0 Å². The average molecular weight is 240 g/mol. The molecule has 1 atom stereocenters. The van der Waals surface area contributed by atoms with Crippen molar-refractivity contribution in [3.05, 3.63) is 64.5 Å². The van der Waals surface area contributed by atoms with Crippen molar-refractivity contribution < 1.29 is 0 Å². The Balaban J connectivity index is 2.19. The molecule has 0 aliphatic carbocycles. The third-order valence-corrected chi connectivity index (χ3v) is 3.49. The van der Waals surface area contributed by atoms with Crippen molar-refractivity contribution in [2.45, 2.75) is 33.2 Å². The van der Waals surface area contributed by atoms with E-state index in [1.165, 1.54) is 22.3 Å². The Bertz CT molecular complexity index is 547. The number of hydrogen-bond donors (Lipinski definition) is 1. The molecule has 0 aliphatic rings. The predicted octanol–water partition coefficient (Wildman–Crippen LogP) is 3.25. The highest BCUT2D eigenvalue weighted by Crippen LogP contribution is 2.20. The molecule has 1 aromatic heterocycles. The molecular weight excluding hydrogens is 220 g/mol. The molecular formula is C16H20N2. The van der Waals surface area contributed by atoms with Gasteiger partial charge in [0.25, 0.3) is 0 Å². The van der Waals surface area contributed by atoms with Gasteiger partial charge >= 0.3 is 0 Å². The predicted molar refractivity (Wildman–Crippen MR) is 75.5 cm³/mol. The molecule has 0 saturated carbocycles. The smallest absolute Gasteiger partial charge is 0.0339 e. The van der Waals surface area contributed by atoms with E-state index in [9.17, 15) is 0 Å². The number of benzene rings is 1. The summed E-state index contributed by atoms with van der Waals surface area (Å²) >= 11 is 0. The van der Waals surface area contributed by atoms with Gasteiger partial charge in [0.1, 0.15) is 0 Å². The molecule has 0 fully saturated rings. The SMILES string of the molecule is Cc1ccc(CC(N)c2ccncc2C)cc1C. The molecule has 0 aliphatic heterocycles. The van der Waals surface area contributed by atoms with E-state index in [0.29, 0.717) is 0 Å². The molecule has 2 rings (SSSR count). The molecule has 0 spiro atoms. The van der Waals surface area contributed by atoms with Crippen molar-refractivity contribution in [3.8, 4) is 0 Å². The van der Waals surface area contributed by atoms with Crippen LogP contribution in [0.4, 0.5) is 0 Å². The fourth-order valence-corrected chi connectivity index (χ4v) is 2.19. The first-order chi connectivity index (χ1) is 8.58. The minimum atomic E-state index is 0.0371. The second kappa shape index (κ2) is 5.32. The third kappa shape index (κ3) is 2.77. The van der Waals surface area contributed by atoms with E-state index in [0.717, 1.165) is 12.0 Å². The molecule has 0 bridgehead atoms. The number of aromatic nitrogens is 1. The highest BCUT2D eigenvalue weighted by atomic mass is 14.7. The number of nitrogens with zero attached hydrogens (tertiary/aromatic N) is 1. The Labute approximate surface area is 109 Å². The van der Waals surface area contributed by atoms with Crippen molar-refractivity contribution in [2.75, 3.05) is 0 Å². The quantitative estimate of drug-likeness (QED) is 0.894. The van der Waals surface area contributed by atoms with E-state index in [1.807, 2.05) is 18.5 Å². The summed E-state index contributed by atoms with van der Waals surface area (Å²) in [7, 11) is 0. The second-order valence-electron chi connectivity index (χ2n) is 4.96. The van der Waals surface area contributed by atoms with Gasteiger partial charge in [-0.1, -0.05) is 18.2 Å². The minimum absolute atomic E-state index is 0.0371. The van der Waals surface area contributed by atoms with Crippen LogP contribution in [0.15, 0.2) is 36.7 Å². The van der Waals surface area contributed by atoms with Crippen molar-refractivity contribution in [3.63, 3.8) is 0 Å². The molecule has 1 unspecified atom stereocenters. The maximum absolute atomic E-state index is 6.29. The maximum atomic E-state index is 6.29. The lowest BCUT2D eigenvalue weighted by atomic mass is 9.96. The van der Waals surface area contributed by atoms with E-state index >= 15 is 0 Å². The number of hydrogen-bond acceptors (Lipinski definition) is 2. The van der Waals surface area contributed by atoms with Gasteiger partial charge in [0, 0.05) is 18.4 Å². The summed E-state index contributed by atoms with van der Waals surface area (Å²) in [5.74, 6) is 0. The van der Waals surface area contributed by atoms with Gasteiger partial charge in [-0.3, -0.25) is 4.98 Å². The summed E-state index contributed by atoms with van der Waals surface area (Å²) in [6.07, 6.45) is 4.55. The first-order valence-electron chi connectivity index (χ1n) is 6.30. The summed E-state index contributed by atoms with van der Waals surface area (Å²) < 4.78 is 0. The lowest BCUT2D eigenvalue weighted by molar-refractivity contribution is 0.714. The first kappa shape index (κ1) is 12.8. The second-order valence-corrected chi connectivity index (χ2v) is 4.96. The Morgan fingerprint density at radius 2 is 1.83 bits per heavy atom. The molecule has 2 N–H and O–H groups in total. The van der Waals surface area contributed by atoms with Crippen LogP contribution in [0.1, 0.15) is 33.9 Å². The van der Waals surface area contributed by atoms with Crippen molar-refractivity contribution in [1.29, 1.82) is 0 Å². The summed E-state index contributed by atoms with van der Waals surface area (Å²) in [5.41, 5.74) is 12.6. The van der Waals surface area contributed by atoms with Crippen molar-refractivity contribution >= 4 is 0 Å². The molecule has 1 heterocycles. The number of nitrogens with two attached hydrogens (primary N) is 1. The Kier molecular flexibility index (Phi) is 3.78. The maximum Gasteiger partial charge on any atom is 0.0339 e. The van der Waals surface area contributed by atoms with Crippen LogP contribution >= 0.6 is 0 Å². The average Bonchev–Trinajstić information content (AvgIpc) is 2.34. The molecule has 1 aromatic carbocycles. The molecule has 0 amide bonds. The monoisotopic (exact) mass is 240 g/mol. The Hall–Kier alpha value is -1.67. The van der Waals surface area contributed by atoms with Crippen LogP contribution in [0, 0.1) is 20.8 Å². The number of pyridine rings is 1. The lowest BCUT2D eigenvalue weighted by Crippen LogP contribution is -2.15. The standard InChI is InChI=1S/C16H20N2/c1-11-4-5-14(8-12(11)2)9-16(17)15-6-7-18-10-13(15)3/h4-8,10,16H,9,17H2,1-3H3. The lowest BCUT2D eigenvalue weighted by Gasteiger charge is -2.15. The van der Waals surface area contributed by atoms with Gasteiger partial charge in [0.05, 0.1) is 0 Å². The topological polar surface area (TPSA) is 38.9 Å². The zero-order valence-corrected chi connectivity index (χ0v) is 11.3. The van der Waals surface area contributed by atoms with E-state index < -0.39 is 0 Å². The third-order valence-electron chi connectivity index (χ3n) is 3.49. The highest BCUT2D eigenvalue weighted by molar-refractivity contribution is 5.32. The van der Waals surface area contributed by atoms with Crippen LogP contribution < -0.4 is 5.73 Å². The van der Waals surface area contributed by atoms with Crippen LogP contribution in [0.2, 0.25) is 0 Å². The molecule has 94 valence electrons. The van der Waals surface area contributed by atoms with Gasteiger partial charge in [0.2, 0.25) is 0 Å². The summed E-state index contributed by atoms with van der Waals surface area (Å²) in [4.78, 5) is 4.10. The van der Waals surface area contributed by atoms with Gasteiger partial charge in [0.15, 0.2) is 0 Å². The first-order valence-corrected chi connectivity index (χ1v) is 6.30. The normalized spacial score (nSPS) is 12.4. The van der Waals surface area contributed by atoms with Crippen LogP contribution in [-0.2, 0) is 6.42 Å². The van der Waals surface area contributed by atoms with E-state index in [4.69, 9.17) is 5.73 Å². The summed E-state index contributed by atoms with van der Waals surface area (Å²) in [5, 5.41) is 0. The van der Waals surface area contributed by atoms with Crippen molar-refractivity contribution in [2.24, 2.45) is 5.73 Å². The Morgan fingerprint density at radius 1 is 1.06 bits per heavy atom.